The molecule has 0 saturated heterocycles. The number of halogens is 2. The SMILES string of the molecule is COc1cccc(NCc2ccc(Cl)c(Br)c2)c1. The molecule has 0 aliphatic rings. The van der Waals surface area contributed by atoms with Gasteiger partial charge in [-0.15, -0.1) is 0 Å². The summed E-state index contributed by atoms with van der Waals surface area (Å²) in [7, 11) is 1.66. The second kappa shape index (κ2) is 6.12. The first-order valence-electron chi connectivity index (χ1n) is 5.51. The third-order valence-electron chi connectivity index (χ3n) is 2.55. The molecule has 0 amide bonds. The molecule has 0 radical (unpaired) electrons. The Hall–Kier alpha value is -1.19. The van der Waals surface area contributed by atoms with Crippen LogP contribution in [0.1, 0.15) is 5.56 Å². The van der Waals surface area contributed by atoms with Gasteiger partial charge < -0.3 is 10.1 Å². The van der Waals surface area contributed by atoms with Crippen LogP contribution in [0.5, 0.6) is 5.75 Å². The van der Waals surface area contributed by atoms with Crippen molar-refractivity contribution in [2.45, 2.75) is 6.54 Å². The number of ether oxygens (including phenoxy) is 1. The van der Waals surface area contributed by atoms with E-state index in [0.29, 0.717) is 0 Å². The predicted octanol–water partition coefficient (Wildman–Crippen LogP) is 4.72. The first-order valence-corrected chi connectivity index (χ1v) is 6.68. The van der Waals surface area contributed by atoms with Crippen LogP contribution >= 0.6 is 27.5 Å². The normalized spacial score (nSPS) is 10.2. The van der Waals surface area contributed by atoms with Gasteiger partial charge in [0.15, 0.2) is 0 Å². The molecule has 0 saturated carbocycles. The van der Waals surface area contributed by atoms with Crippen molar-refractivity contribution < 1.29 is 4.74 Å². The van der Waals surface area contributed by atoms with Gasteiger partial charge >= 0.3 is 0 Å². The van der Waals surface area contributed by atoms with Gasteiger partial charge in [0.25, 0.3) is 0 Å². The van der Waals surface area contributed by atoms with Crippen molar-refractivity contribution in [3.8, 4) is 5.75 Å². The summed E-state index contributed by atoms with van der Waals surface area (Å²) in [5, 5.41) is 4.06. The lowest BCUT2D eigenvalue weighted by Crippen LogP contribution is -1.99. The average molecular weight is 327 g/mol. The van der Waals surface area contributed by atoms with Crippen molar-refractivity contribution in [1.29, 1.82) is 0 Å². The van der Waals surface area contributed by atoms with Gasteiger partial charge in [-0.25, -0.2) is 0 Å². The molecular formula is C14H13BrClNO. The van der Waals surface area contributed by atoms with Crippen LogP contribution in [0.15, 0.2) is 46.9 Å². The zero-order valence-corrected chi connectivity index (χ0v) is 12.3. The van der Waals surface area contributed by atoms with Crippen LogP contribution in [0.2, 0.25) is 5.02 Å². The van der Waals surface area contributed by atoms with E-state index in [1.54, 1.807) is 7.11 Å². The molecule has 0 atom stereocenters. The molecule has 0 spiro atoms. The molecule has 2 aromatic rings. The number of rotatable bonds is 4. The van der Waals surface area contributed by atoms with Crippen molar-refractivity contribution in [3.63, 3.8) is 0 Å². The van der Waals surface area contributed by atoms with Crippen LogP contribution in [0.25, 0.3) is 0 Å². The number of nitrogens with one attached hydrogen (secondary N) is 1. The Kier molecular flexibility index (Phi) is 4.50. The molecule has 2 aromatic carbocycles. The highest BCUT2D eigenvalue weighted by atomic mass is 79.9. The first kappa shape index (κ1) is 13.2. The molecule has 18 heavy (non-hydrogen) atoms. The van der Waals surface area contributed by atoms with Crippen LogP contribution in [0.4, 0.5) is 5.69 Å². The summed E-state index contributed by atoms with van der Waals surface area (Å²) in [6.45, 7) is 0.739. The number of methoxy groups -OCH3 is 1. The molecule has 0 unspecified atom stereocenters. The maximum absolute atomic E-state index is 5.95. The standard InChI is InChI=1S/C14H13BrClNO/c1-18-12-4-2-3-11(8-12)17-9-10-5-6-14(16)13(15)7-10/h2-8,17H,9H2,1H3. The fraction of sp³-hybridized carbons (Fsp3) is 0.143. The van der Waals surface area contributed by atoms with E-state index in [4.69, 9.17) is 16.3 Å². The molecule has 94 valence electrons. The molecule has 0 heterocycles. The number of anilines is 1. The van der Waals surface area contributed by atoms with Gasteiger partial charge in [0.05, 0.1) is 12.1 Å². The second-order valence-electron chi connectivity index (χ2n) is 3.83. The molecule has 0 aliphatic heterocycles. The van der Waals surface area contributed by atoms with E-state index in [2.05, 4.69) is 21.2 Å². The van der Waals surface area contributed by atoms with Crippen molar-refractivity contribution in [3.05, 3.63) is 57.5 Å². The minimum atomic E-state index is 0.722. The minimum Gasteiger partial charge on any atom is -0.497 e. The van der Waals surface area contributed by atoms with Crippen LogP contribution < -0.4 is 10.1 Å². The highest BCUT2D eigenvalue weighted by Gasteiger charge is 2.00. The highest BCUT2D eigenvalue weighted by molar-refractivity contribution is 9.10. The molecule has 0 aliphatic carbocycles. The van der Waals surface area contributed by atoms with Gasteiger partial charge in [-0.1, -0.05) is 23.7 Å². The molecular weight excluding hydrogens is 314 g/mol. The fourth-order valence-electron chi connectivity index (χ4n) is 1.59. The van der Waals surface area contributed by atoms with Crippen molar-refractivity contribution >= 4 is 33.2 Å². The minimum absolute atomic E-state index is 0.722. The lowest BCUT2D eigenvalue weighted by Gasteiger charge is -2.08. The highest BCUT2D eigenvalue weighted by Crippen LogP contribution is 2.24. The Labute approximate surface area is 120 Å². The van der Waals surface area contributed by atoms with Crippen LogP contribution in [-0.4, -0.2) is 7.11 Å². The summed E-state index contributed by atoms with van der Waals surface area (Å²) < 4.78 is 6.09. The van der Waals surface area contributed by atoms with Crippen molar-refractivity contribution in [1.82, 2.24) is 0 Å². The molecule has 2 nitrogen and oxygen atoms in total. The monoisotopic (exact) mass is 325 g/mol. The first-order chi connectivity index (χ1) is 8.69. The third-order valence-corrected chi connectivity index (χ3v) is 3.76. The summed E-state index contributed by atoms with van der Waals surface area (Å²) in [4.78, 5) is 0. The summed E-state index contributed by atoms with van der Waals surface area (Å²) in [6.07, 6.45) is 0. The molecule has 0 aromatic heterocycles. The Morgan fingerprint density at radius 2 is 2.06 bits per heavy atom. The second-order valence-corrected chi connectivity index (χ2v) is 5.10. The van der Waals surface area contributed by atoms with Crippen molar-refractivity contribution in [2.75, 3.05) is 12.4 Å². The van der Waals surface area contributed by atoms with E-state index < -0.39 is 0 Å². The summed E-state index contributed by atoms with van der Waals surface area (Å²) >= 11 is 9.37. The number of hydrogen-bond donors (Lipinski definition) is 1. The topological polar surface area (TPSA) is 21.3 Å². The average Bonchev–Trinajstić information content (AvgIpc) is 2.40. The Morgan fingerprint density at radius 3 is 2.78 bits per heavy atom. The summed E-state index contributed by atoms with van der Waals surface area (Å²) in [5.74, 6) is 0.845. The van der Waals surface area contributed by atoms with Crippen molar-refractivity contribution in [2.24, 2.45) is 0 Å². The summed E-state index contributed by atoms with van der Waals surface area (Å²) in [6, 6.07) is 13.7. The van der Waals surface area contributed by atoms with E-state index in [0.717, 1.165) is 33.0 Å². The van der Waals surface area contributed by atoms with Gasteiger partial charge in [-0.3, -0.25) is 0 Å². The Morgan fingerprint density at radius 1 is 1.22 bits per heavy atom. The quantitative estimate of drug-likeness (QED) is 0.877. The Balaban J connectivity index is 2.04. The Bertz CT molecular complexity index is 545. The smallest absolute Gasteiger partial charge is 0.120 e. The molecule has 0 bridgehead atoms. The maximum Gasteiger partial charge on any atom is 0.120 e. The summed E-state index contributed by atoms with van der Waals surface area (Å²) in [5.41, 5.74) is 2.19. The van der Waals surface area contributed by atoms with Gasteiger partial charge in [0.2, 0.25) is 0 Å². The number of hydrogen-bond acceptors (Lipinski definition) is 2. The van der Waals surface area contributed by atoms with Gasteiger partial charge in [-0.2, -0.15) is 0 Å². The molecule has 1 N–H and O–H groups in total. The van der Waals surface area contributed by atoms with Gasteiger partial charge in [0, 0.05) is 22.8 Å². The van der Waals surface area contributed by atoms with E-state index in [1.807, 2.05) is 42.5 Å². The molecule has 4 heteroatoms. The van der Waals surface area contributed by atoms with E-state index in [1.165, 1.54) is 0 Å². The number of benzene rings is 2. The van der Waals surface area contributed by atoms with E-state index in [9.17, 15) is 0 Å². The van der Waals surface area contributed by atoms with Gasteiger partial charge in [0.1, 0.15) is 5.75 Å². The lowest BCUT2D eigenvalue weighted by atomic mass is 10.2. The van der Waals surface area contributed by atoms with Crippen LogP contribution in [-0.2, 0) is 6.54 Å². The fourth-order valence-corrected chi connectivity index (χ4v) is 2.13. The molecule has 2 rings (SSSR count). The van der Waals surface area contributed by atoms with Gasteiger partial charge in [-0.05, 0) is 45.8 Å². The zero-order valence-electron chi connectivity index (χ0n) is 9.91. The predicted molar refractivity (Wildman–Crippen MR) is 79.5 cm³/mol. The maximum atomic E-state index is 5.95. The van der Waals surface area contributed by atoms with Crippen LogP contribution in [0.3, 0.4) is 0 Å². The van der Waals surface area contributed by atoms with E-state index >= 15 is 0 Å². The zero-order chi connectivity index (χ0) is 13.0. The third kappa shape index (κ3) is 3.40. The van der Waals surface area contributed by atoms with Crippen LogP contribution in [0, 0.1) is 0 Å². The largest absolute Gasteiger partial charge is 0.497 e. The van der Waals surface area contributed by atoms with E-state index in [-0.39, 0.29) is 0 Å². The lowest BCUT2D eigenvalue weighted by molar-refractivity contribution is 0.415. The molecule has 0 fully saturated rings.